The summed E-state index contributed by atoms with van der Waals surface area (Å²) in [6.45, 7) is 10.2. The molecular weight excluding hydrogens is 382 g/mol. The molecule has 8 heteroatoms. The molecule has 2 amide bonds. The second-order valence-corrected chi connectivity index (χ2v) is 9.22. The van der Waals surface area contributed by atoms with Crippen LogP contribution >= 0.6 is 0 Å². The highest BCUT2D eigenvalue weighted by Crippen LogP contribution is 2.52. The number of hydrogen-bond acceptors (Lipinski definition) is 5. The summed E-state index contributed by atoms with van der Waals surface area (Å²) in [6.07, 6.45) is 3.61. The van der Waals surface area contributed by atoms with Gasteiger partial charge >= 0.3 is 0 Å². The Kier molecular flexibility index (Phi) is 6.63. The van der Waals surface area contributed by atoms with Crippen LogP contribution in [0.3, 0.4) is 0 Å². The van der Waals surface area contributed by atoms with Crippen LogP contribution in [0.1, 0.15) is 76.4 Å². The van der Waals surface area contributed by atoms with Crippen LogP contribution < -0.4 is 10.6 Å². The zero-order valence-corrected chi connectivity index (χ0v) is 18.5. The summed E-state index contributed by atoms with van der Waals surface area (Å²) in [7, 11) is 0. The summed E-state index contributed by atoms with van der Waals surface area (Å²) in [5.74, 6) is 1.67. The van der Waals surface area contributed by atoms with Crippen LogP contribution in [0.2, 0.25) is 0 Å². The second kappa shape index (κ2) is 9.02. The highest BCUT2D eigenvalue weighted by atomic mass is 16.5. The molecule has 1 aliphatic rings. The van der Waals surface area contributed by atoms with E-state index in [0.29, 0.717) is 29.8 Å². The van der Waals surface area contributed by atoms with Gasteiger partial charge in [-0.25, -0.2) is 0 Å². The van der Waals surface area contributed by atoms with Crippen LogP contribution in [0, 0.1) is 18.3 Å². The number of aryl methyl sites for hydroxylation is 1. The second-order valence-electron chi connectivity index (χ2n) is 9.22. The lowest BCUT2D eigenvalue weighted by molar-refractivity contribution is -0.124. The number of nitrogens with one attached hydrogen (secondary N) is 3. The molecular formula is C22H33N5O3. The fraction of sp³-hybridized carbons (Fsp3) is 0.636. The number of rotatable bonds is 8. The third-order valence-electron chi connectivity index (χ3n) is 6.15. The van der Waals surface area contributed by atoms with Crippen LogP contribution in [0.5, 0.6) is 0 Å². The summed E-state index contributed by atoms with van der Waals surface area (Å²) in [5, 5.41) is 17.0. The van der Waals surface area contributed by atoms with E-state index in [1.807, 2.05) is 26.8 Å². The third kappa shape index (κ3) is 5.29. The van der Waals surface area contributed by atoms with Crippen molar-refractivity contribution in [1.82, 2.24) is 20.7 Å². The van der Waals surface area contributed by atoms with Crippen molar-refractivity contribution in [2.24, 2.45) is 11.3 Å². The topological polar surface area (TPSA) is 113 Å². The van der Waals surface area contributed by atoms with E-state index in [-0.39, 0.29) is 29.7 Å². The number of H-pyrrole nitrogens is 1. The lowest BCUT2D eigenvalue weighted by Crippen LogP contribution is -2.36. The molecule has 164 valence electrons. The number of carbonyl (C=O) groups excluding carboxylic acids is 2. The highest BCUT2D eigenvalue weighted by Gasteiger charge is 2.43. The lowest BCUT2D eigenvalue weighted by Gasteiger charge is -2.33. The van der Waals surface area contributed by atoms with Crippen molar-refractivity contribution in [3.63, 3.8) is 0 Å². The zero-order chi connectivity index (χ0) is 21.9. The van der Waals surface area contributed by atoms with Gasteiger partial charge in [-0.3, -0.25) is 14.7 Å². The van der Waals surface area contributed by atoms with E-state index in [2.05, 4.69) is 39.8 Å². The molecule has 1 saturated carbocycles. The van der Waals surface area contributed by atoms with Crippen molar-refractivity contribution < 1.29 is 14.1 Å². The highest BCUT2D eigenvalue weighted by molar-refractivity contribution is 5.91. The number of hydrogen-bond donors (Lipinski definition) is 3. The molecule has 2 aromatic heterocycles. The molecule has 0 radical (unpaired) electrons. The monoisotopic (exact) mass is 415 g/mol. The van der Waals surface area contributed by atoms with Crippen molar-refractivity contribution in [3.05, 3.63) is 29.3 Å². The van der Waals surface area contributed by atoms with Crippen molar-refractivity contribution in [2.75, 3.05) is 5.32 Å². The largest absolute Gasteiger partial charge is 0.361 e. The smallest absolute Gasteiger partial charge is 0.233 e. The van der Waals surface area contributed by atoms with Crippen molar-refractivity contribution in [2.45, 2.75) is 78.7 Å². The third-order valence-corrected chi connectivity index (χ3v) is 6.15. The van der Waals surface area contributed by atoms with E-state index < -0.39 is 0 Å². The van der Waals surface area contributed by atoms with Gasteiger partial charge in [0.1, 0.15) is 5.76 Å². The van der Waals surface area contributed by atoms with Crippen LogP contribution in [0.25, 0.3) is 0 Å². The fourth-order valence-electron chi connectivity index (χ4n) is 4.46. The SMILES string of the molecule is Cc1cc(CC(=O)Nc2cc([C@@H]3CC[C@@](CC(=O)NC(C)C)(C(C)C)C3)[nH]n2)on1. The molecule has 1 fully saturated rings. The maximum absolute atomic E-state index is 12.4. The van der Waals surface area contributed by atoms with E-state index in [1.54, 1.807) is 6.07 Å². The standard InChI is InChI=1S/C22H33N5O3/c1-13(2)22(12-21(29)23-14(3)4)7-6-16(11-22)18-10-19(26-25-18)24-20(28)9-17-8-15(5)27-30-17/h8,10,13-14,16H,6-7,9,11-12H2,1-5H3,(H,23,29)(H2,24,25,26,28)/t16-,22-/m1/s1. The number of anilines is 1. The molecule has 8 nitrogen and oxygen atoms in total. The Balaban J connectivity index is 1.61. The Labute approximate surface area is 177 Å². The lowest BCUT2D eigenvalue weighted by atomic mass is 9.72. The van der Waals surface area contributed by atoms with Gasteiger partial charge in [0.15, 0.2) is 5.82 Å². The average molecular weight is 416 g/mol. The van der Waals surface area contributed by atoms with Gasteiger partial charge in [0.2, 0.25) is 11.8 Å². The summed E-state index contributed by atoms with van der Waals surface area (Å²) in [4.78, 5) is 24.7. The molecule has 0 saturated heterocycles. The Hall–Kier alpha value is -2.64. The molecule has 0 aliphatic heterocycles. The maximum Gasteiger partial charge on any atom is 0.233 e. The van der Waals surface area contributed by atoms with Crippen LogP contribution in [0.15, 0.2) is 16.7 Å². The van der Waals surface area contributed by atoms with Gasteiger partial charge in [0, 0.05) is 36.2 Å². The molecule has 0 spiro atoms. The van der Waals surface area contributed by atoms with Crippen molar-refractivity contribution in [1.29, 1.82) is 0 Å². The molecule has 0 unspecified atom stereocenters. The summed E-state index contributed by atoms with van der Waals surface area (Å²) < 4.78 is 5.09. The first-order valence-electron chi connectivity index (χ1n) is 10.7. The van der Waals surface area contributed by atoms with Crippen LogP contribution in [-0.2, 0) is 16.0 Å². The summed E-state index contributed by atoms with van der Waals surface area (Å²) in [5.41, 5.74) is 1.74. The van der Waals surface area contributed by atoms with Crippen LogP contribution in [-0.4, -0.2) is 33.2 Å². The number of aromatic amines is 1. The van der Waals surface area contributed by atoms with Gasteiger partial charge in [-0.05, 0) is 51.4 Å². The Morgan fingerprint density at radius 2 is 2.03 bits per heavy atom. The Morgan fingerprint density at radius 1 is 1.27 bits per heavy atom. The zero-order valence-electron chi connectivity index (χ0n) is 18.5. The van der Waals surface area contributed by atoms with E-state index in [9.17, 15) is 9.59 Å². The van der Waals surface area contributed by atoms with Crippen molar-refractivity contribution in [3.8, 4) is 0 Å². The van der Waals surface area contributed by atoms with Gasteiger partial charge in [-0.15, -0.1) is 0 Å². The molecule has 0 aromatic carbocycles. The average Bonchev–Trinajstić information content (AvgIpc) is 3.35. The molecule has 3 N–H and O–H groups in total. The minimum atomic E-state index is -0.197. The van der Waals surface area contributed by atoms with Gasteiger partial charge in [-0.2, -0.15) is 5.10 Å². The molecule has 30 heavy (non-hydrogen) atoms. The van der Waals surface area contributed by atoms with E-state index in [0.717, 1.165) is 30.7 Å². The number of nitrogens with zero attached hydrogens (tertiary/aromatic N) is 2. The van der Waals surface area contributed by atoms with Gasteiger partial charge in [-0.1, -0.05) is 19.0 Å². The summed E-state index contributed by atoms with van der Waals surface area (Å²) in [6, 6.07) is 3.80. The van der Waals surface area contributed by atoms with E-state index >= 15 is 0 Å². The normalized spacial score (nSPS) is 21.4. The first kappa shape index (κ1) is 22.1. The predicted molar refractivity (Wildman–Crippen MR) is 114 cm³/mol. The Morgan fingerprint density at radius 3 is 2.67 bits per heavy atom. The quantitative estimate of drug-likeness (QED) is 0.608. The molecule has 3 rings (SSSR count). The fourth-order valence-corrected chi connectivity index (χ4v) is 4.46. The number of aromatic nitrogens is 3. The number of carbonyl (C=O) groups is 2. The maximum atomic E-state index is 12.4. The first-order valence-corrected chi connectivity index (χ1v) is 10.7. The Bertz CT molecular complexity index is 885. The van der Waals surface area contributed by atoms with Gasteiger partial charge in [0.25, 0.3) is 0 Å². The molecule has 2 aromatic rings. The molecule has 1 aliphatic carbocycles. The summed E-state index contributed by atoms with van der Waals surface area (Å²) >= 11 is 0. The minimum absolute atomic E-state index is 0.0116. The van der Waals surface area contributed by atoms with E-state index in [1.165, 1.54) is 0 Å². The molecule has 2 atom stereocenters. The first-order chi connectivity index (χ1) is 14.2. The van der Waals surface area contributed by atoms with E-state index in [4.69, 9.17) is 4.52 Å². The van der Waals surface area contributed by atoms with Crippen molar-refractivity contribution >= 4 is 17.6 Å². The number of amides is 2. The van der Waals surface area contributed by atoms with Gasteiger partial charge in [0.05, 0.1) is 12.1 Å². The van der Waals surface area contributed by atoms with Gasteiger partial charge < -0.3 is 15.2 Å². The molecule has 2 heterocycles. The molecule has 0 bridgehead atoms. The van der Waals surface area contributed by atoms with Crippen LogP contribution in [0.4, 0.5) is 5.82 Å². The predicted octanol–water partition coefficient (Wildman–Crippen LogP) is 3.71. The minimum Gasteiger partial charge on any atom is -0.361 e.